The van der Waals surface area contributed by atoms with E-state index in [1.807, 2.05) is 0 Å². The Bertz CT molecular complexity index is 685. The highest BCUT2D eigenvalue weighted by molar-refractivity contribution is 6.77. The summed E-state index contributed by atoms with van der Waals surface area (Å²) in [7, 11) is -1.01. The highest BCUT2D eigenvalue weighted by atomic mass is 28.3. The zero-order chi connectivity index (χ0) is 24.7. The van der Waals surface area contributed by atoms with Crippen molar-refractivity contribution in [3.8, 4) is 0 Å². The Kier molecular flexibility index (Phi) is 13.6. The predicted octanol–water partition coefficient (Wildman–Crippen LogP) is 6.05. The van der Waals surface area contributed by atoms with E-state index >= 15 is 0 Å². The first kappa shape index (κ1) is 29.4. The van der Waals surface area contributed by atoms with E-state index in [0.717, 1.165) is 12.0 Å². The molecule has 0 radical (unpaired) electrons. The van der Waals surface area contributed by atoms with Crippen LogP contribution in [0.4, 0.5) is 0 Å². The van der Waals surface area contributed by atoms with E-state index in [2.05, 4.69) is 44.3 Å². The van der Waals surface area contributed by atoms with Gasteiger partial charge in [-0.1, -0.05) is 88.5 Å². The Labute approximate surface area is 202 Å². The maximum Gasteiger partial charge on any atom is 0.337 e. The summed E-state index contributed by atoms with van der Waals surface area (Å²) in [6.07, 6.45) is 9.71. The molecule has 0 bridgehead atoms. The number of esters is 2. The van der Waals surface area contributed by atoms with Crippen LogP contribution in [0.15, 0.2) is 24.3 Å². The maximum absolute atomic E-state index is 12.3. The van der Waals surface area contributed by atoms with E-state index in [1.165, 1.54) is 56.2 Å². The van der Waals surface area contributed by atoms with Gasteiger partial charge in [-0.05, 0) is 50.7 Å². The fourth-order valence-corrected chi connectivity index (χ4v) is 6.77. The fraction of sp³-hybridized carbons (Fsp3) is 0.704. The highest BCUT2D eigenvalue weighted by Gasteiger charge is 2.44. The number of hydrogen-bond acceptors (Lipinski definition) is 5. The smallest absolute Gasteiger partial charge is 0.337 e. The van der Waals surface area contributed by atoms with E-state index < -0.39 is 25.6 Å². The van der Waals surface area contributed by atoms with Crippen molar-refractivity contribution >= 4 is 20.0 Å². The highest BCUT2D eigenvalue weighted by Crippen LogP contribution is 2.23. The van der Waals surface area contributed by atoms with Gasteiger partial charge in [0.25, 0.3) is 0 Å². The molecule has 0 saturated heterocycles. The molecular weight excluding hydrogens is 430 g/mol. The van der Waals surface area contributed by atoms with E-state index in [9.17, 15) is 9.59 Å². The summed E-state index contributed by atoms with van der Waals surface area (Å²) >= 11 is 0. The van der Waals surface area contributed by atoms with Crippen molar-refractivity contribution in [1.29, 1.82) is 0 Å². The second-order valence-corrected chi connectivity index (χ2v) is 15.2. The zero-order valence-corrected chi connectivity index (χ0v) is 22.7. The van der Waals surface area contributed by atoms with Crippen LogP contribution in [0, 0.1) is 0 Å². The van der Waals surface area contributed by atoms with Crippen LogP contribution in [-0.4, -0.2) is 38.8 Å². The summed E-state index contributed by atoms with van der Waals surface area (Å²) in [5.41, 5.74) is 6.75. The standard InChI is InChI=1S/C27H47NO4Si/c1-6-9-12-21-33(4,5)22-13-10-11-14-23-15-17-24(18-16-23)19-20-27(28,25(29)31-7-2)26(30)32-8-3/h15-18H,6-14,19-22,28H2,1-5H3. The Morgan fingerprint density at radius 3 is 1.76 bits per heavy atom. The number of ether oxygens (including phenoxy) is 2. The van der Waals surface area contributed by atoms with Gasteiger partial charge in [0.05, 0.1) is 13.2 Å². The third kappa shape index (κ3) is 10.9. The van der Waals surface area contributed by atoms with Gasteiger partial charge in [0, 0.05) is 8.07 Å². The largest absolute Gasteiger partial charge is 0.464 e. The molecule has 0 aliphatic rings. The molecule has 1 aromatic carbocycles. The average molecular weight is 478 g/mol. The van der Waals surface area contributed by atoms with Crippen LogP contribution in [0.2, 0.25) is 25.2 Å². The number of carbonyl (C=O) groups is 2. The monoisotopic (exact) mass is 477 g/mol. The molecule has 0 atom stereocenters. The predicted molar refractivity (Wildman–Crippen MR) is 139 cm³/mol. The number of unbranched alkanes of at least 4 members (excludes halogenated alkanes) is 4. The van der Waals surface area contributed by atoms with Crippen LogP contribution in [0.25, 0.3) is 0 Å². The van der Waals surface area contributed by atoms with E-state index in [1.54, 1.807) is 13.8 Å². The number of hydrogen-bond donors (Lipinski definition) is 1. The topological polar surface area (TPSA) is 78.6 Å². The first-order valence-electron chi connectivity index (χ1n) is 12.9. The van der Waals surface area contributed by atoms with Crippen LogP contribution >= 0.6 is 0 Å². The molecule has 2 N–H and O–H groups in total. The molecule has 0 heterocycles. The Hall–Kier alpha value is -1.66. The minimum Gasteiger partial charge on any atom is -0.464 e. The molecule has 0 aliphatic carbocycles. The number of nitrogens with two attached hydrogens (primary N) is 1. The van der Waals surface area contributed by atoms with Gasteiger partial charge in [-0.3, -0.25) is 0 Å². The fourth-order valence-electron chi connectivity index (χ4n) is 4.11. The lowest BCUT2D eigenvalue weighted by Gasteiger charge is -2.24. The lowest BCUT2D eigenvalue weighted by atomic mass is 9.91. The lowest BCUT2D eigenvalue weighted by Crippen LogP contribution is -2.57. The number of carbonyl (C=O) groups excluding carboxylic acids is 2. The van der Waals surface area contributed by atoms with Gasteiger partial charge in [-0.15, -0.1) is 0 Å². The van der Waals surface area contributed by atoms with Crippen molar-refractivity contribution in [2.75, 3.05) is 13.2 Å². The van der Waals surface area contributed by atoms with Gasteiger partial charge in [0.2, 0.25) is 5.54 Å². The van der Waals surface area contributed by atoms with E-state index in [4.69, 9.17) is 15.2 Å². The first-order valence-corrected chi connectivity index (χ1v) is 16.3. The molecule has 188 valence electrons. The van der Waals surface area contributed by atoms with Gasteiger partial charge in [0.15, 0.2) is 0 Å². The van der Waals surface area contributed by atoms with E-state index in [0.29, 0.717) is 6.42 Å². The molecule has 1 aromatic rings. The number of aryl methyl sites for hydroxylation is 2. The molecule has 0 amide bonds. The molecule has 0 spiro atoms. The van der Waals surface area contributed by atoms with Crippen molar-refractivity contribution in [3.05, 3.63) is 35.4 Å². The molecule has 6 heteroatoms. The molecule has 33 heavy (non-hydrogen) atoms. The summed E-state index contributed by atoms with van der Waals surface area (Å²) in [5, 5.41) is 0. The van der Waals surface area contributed by atoms with Gasteiger partial charge >= 0.3 is 11.9 Å². The SMILES string of the molecule is CCCCC[Si](C)(C)CCCCCc1ccc(CCC(N)(C(=O)OCC)C(=O)OCC)cc1. The summed E-state index contributed by atoms with van der Waals surface area (Å²) in [6.45, 7) is 11.1. The third-order valence-electron chi connectivity index (χ3n) is 6.39. The normalized spacial score (nSPS) is 11.9. The molecule has 0 unspecified atom stereocenters. The van der Waals surface area contributed by atoms with Crippen molar-refractivity contribution in [1.82, 2.24) is 0 Å². The lowest BCUT2D eigenvalue weighted by molar-refractivity contribution is -0.164. The minimum absolute atomic E-state index is 0.155. The van der Waals surface area contributed by atoms with Crippen LogP contribution in [-0.2, 0) is 31.9 Å². The van der Waals surface area contributed by atoms with Crippen molar-refractivity contribution < 1.29 is 19.1 Å². The van der Waals surface area contributed by atoms with Crippen LogP contribution in [0.5, 0.6) is 0 Å². The average Bonchev–Trinajstić information content (AvgIpc) is 2.78. The second-order valence-electron chi connectivity index (χ2n) is 9.91. The van der Waals surface area contributed by atoms with Crippen LogP contribution in [0.1, 0.15) is 76.8 Å². The zero-order valence-electron chi connectivity index (χ0n) is 21.7. The molecular formula is C27H47NO4Si. The van der Waals surface area contributed by atoms with Crippen LogP contribution in [0.3, 0.4) is 0 Å². The van der Waals surface area contributed by atoms with Gasteiger partial charge < -0.3 is 15.2 Å². The van der Waals surface area contributed by atoms with Gasteiger partial charge in [-0.25, -0.2) is 9.59 Å². The molecule has 0 saturated carbocycles. The summed E-state index contributed by atoms with van der Waals surface area (Å²) in [6, 6.07) is 11.3. The minimum atomic E-state index is -1.77. The van der Waals surface area contributed by atoms with E-state index in [-0.39, 0.29) is 19.6 Å². The van der Waals surface area contributed by atoms with Crippen molar-refractivity contribution in [3.63, 3.8) is 0 Å². The summed E-state index contributed by atoms with van der Waals surface area (Å²) < 4.78 is 10.1. The molecule has 0 aliphatic heterocycles. The molecule has 1 rings (SSSR count). The second kappa shape index (κ2) is 15.3. The first-order chi connectivity index (χ1) is 15.7. The maximum atomic E-state index is 12.3. The Morgan fingerprint density at radius 1 is 0.788 bits per heavy atom. The number of benzene rings is 1. The van der Waals surface area contributed by atoms with Gasteiger partial charge in [-0.2, -0.15) is 0 Å². The molecule has 0 fully saturated rings. The summed E-state index contributed by atoms with van der Waals surface area (Å²) in [4.78, 5) is 24.6. The number of rotatable bonds is 17. The third-order valence-corrected chi connectivity index (χ3v) is 9.80. The molecule has 5 nitrogen and oxygen atoms in total. The molecule has 0 aromatic heterocycles. The summed E-state index contributed by atoms with van der Waals surface area (Å²) in [5.74, 6) is -1.45. The Morgan fingerprint density at radius 2 is 1.27 bits per heavy atom. The quantitative estimate of drug-likeness (QED) is 0.128. The van der Waals surface area contributed by atoms with Crippen molar-refractivity contribution in [2.45, 2.75) is 109 Å². The van der Waals surface area contributed by atoms with Crippen LogP contribution < -0.4 is 5.73 Å². The van der Waals surface area contributed by atoms with Crippen molar-refractivity contribution in [2.24, 2.45) is 5.73 Å². The van der Waals surface area contributed by atoms with Gasteiger partial charge in [0.1, 0.15) is 0 Å². The Balaban J connectivity index is 2.47.